The summed E-state index contributed by atoms with van der Waals surface area (Å²) in [6.45, 7) is 12.6. The van der Waals surface area contributed by atoms with Crippen molar-refractivity contribution in [2.75, 3.05) is 0 Å². The van der Waals surface area contributed by atoms with Crippen molar-refractivity contribution < 1.29 is 17.7 Å². The molecule has 0 saturated heterocycles. The van der Waals surface area contributed by atoms with E-state index in [4.69, 9.17) is 0 Å². The van der Waals surface area contributed by atoms with Crippen LogP contribution in [0.5, 0.6) is 0 Å². The van der Waals surface area contributed by atoms with E-state index in [1.807, 2.05) is 0 Å². The Morgan fingerprint density at radius 2 is 0.909 bits per heavy atom. The zero-order valence-corrected chi connectivity index (χ0v) is 9.98. The van der Waals surface area contributed by atoms with Gasteiger partial charge in [-0.15, -0.1) is 0 Å². The van der Waals surface area contributed by atoms with Crippen LogP contribution in [0.25, 0.3) is 0 Å². The predicted octanol–water partition coefficient (Wildman–Crippen LogP) is 3.97. The van der Waals surface area contributed by atoms with Crippen LogP contribution in [0, 0.1) is 0 Å². The summed E-state index contributed by atoms with van der Waals surface area (Å²) in [5.74, 6) is 0. The van der Waals surface area contributed by atoms with Gasteiger partial charge in [0.15, 0.2) is 0 Å². The molecule has 68 valence electrons. The quantitative estimate of drug-likeness (QED) is 0.667. The van der Waals surface area contributed by atoms with Crippen molar-refractivity contribution in [1.29, 1.82) is 0 Å². The zero-order chi connectivity index (χ0) is 9.23. The predicted molar refractivity (Wildman–Crippen MR) is 46.0 cm³/mol. The SMILES string of the molecule is C[CH](C)[V](=[O])([CH](C)C)[CH](C)C. The molecule has 0 bridgehead atoms. The van der Waals surface area contributed by atoms with Gasteiger partial charge in [-0.1, -0.05) is 0 Å². The van der Waals surface area contributed by atoms with E-state index in [1.54, 1.807) is 0 Å². The summed E-state index contributed by atoms with van der Waals surface area (Å²) in [7, 11) is 0. The Balaban J connectivity index is 4.69. The molecule has 0 unspecified atom stereocenters. The second-order valence-corrected chi connectivity index (χ2v) is 11.3. The van der Waals surface area contributed by atoms with Gasteiger partial charge in [0.05, 0.1) is 0 Å². The second-order valence-electron chi connectivity index (χ2n) is 4.04. The first-order valence-corrected chi connectivity index (χ1v) is 7.41. The maximum absolute atomic E-state index is 12.4. The minimum atomic E-state index is -2.58. The van der Waals surface area contributed by atoms with Gasteiger partial charge in [-0.3, -0.25) is 0 Å². The Hall–Kier alpha value is 0.384. The molecule has 0 fully saturated rings. The van der Waals surface area contributed by atoms with E-state index in [0.717, 1.165) is 0 Å². The van der Waals surface area contributed by atoms with Crippen LogP contribution in [-0.4, -0.2) is 0 Å². The first-order valence-electron chi connectivity index (χ1n) is 4.42. The van der Waals surface area contributed by atoms with Crippen molar-refractivity contribution in [1.82, 2.24) is 0 Å². The van der Waals surface area contributed by atoms with Crippen molar-refractivity contribution in [2.24, 2.45) is 0 Å². The van der Waals surface area contributed by atoms with Crippen LogP contribution in [0.1, 0.15) is 41.5 Å². The maximum atomic E-state index is 12.4. The fraction of sp³-hybridized carbons (Fsp3) is 1.00. The first kappa shape index (κ1) is 11.4. The third-order valence-corrected chi connectivity index (χ3v) is 9.98. The summed E-state index contributed by atoms with van der Waals surface area (Å²) in [4.78, 5) is 0. The van der Waals surface area contributed by atoms with Gasteiger partial charge in [-0.2, -0.15) is 0 Å². The van der Waals surface area contributed by atoms with Crippen LogP contribution in [0.15, 0.2) is 0 Å². The molecule has 2 heteroatoms. The molecule has 0 radical (unpaired) electrons. The number of hydrogen-bond donors (Lipinski definition) is 0. The summed E-state index contributed by atoms with van der Waals surface area (Å²) < 4.78 is 13.6. The van der Waals surface area contributed by atoms with E-state index in [2.05, 4.69) is 41.5 Å². The summed E-state index contributed by atoms with van der Waals surface area (Å²) >= 11 is -2.58. The van der Waals surface area contributed by atoms with Crippen LogP contribution < -0.4 is 0 Å². The summed E-state index contributed by atoms with van der Waals surface area (Å²) in [5, 5.41) is 0. The van der Waals surface area contributed by atoms with E-state index < -0.39 is 14.0 Å². The van der Waals surface area contributed by atoms with Crippen LogP contribution in [0.2, 0.25) is 13.9 Å². The molecular formula is C9H21OV. The molecule has 0 saturated carbocycles. The molecule has 1 nitrogen and oxygen atoms in total. The first-order chi connectivity index (χ1) is 4.83. The molecule has 0 rings (SSSR count). The van der Waals surface area contributed by atoms with Crippen molar-refractivity contribution in [2.45, 2.75) is 55.4 Å². The fourth-order valence-electron chi connectivity index (χ4n) is 1.79. The van der Waals surface area contributed by atoms with Gasteiger partial charge in [-0.05, 0) is 0 Å². The Morgan fingerprint density at radius 3 is 0.909 bits per heavy atom. The topological polar surface area (TPSA) is 17.1 Å². The average Bonchev–Trinajstić information content (AvgIpc) is 1.84. The monoisotopic (exact) mass is 196 g/mol. The molecule has 0 N–H and O–H groups in total. The molecule has 0 aromatic carbocycles. The molecule has 0 spiro atoms. The Labute approximate surface area is 73.4 Å². The standard InChI is InChI=1S/3C3H7.O.V/c3*1-3-2;;/h3*3H,1-2H3;;. The third kappa shape index (κ3) is 2.16. The third-order valence-electron chi connectivity index (χ3n) is 2.42. The van der Waals surface area contributed by atoms with E-state index in [0.29, 0.717) is 13.9 Å². The van der Waals surface area contributed by atoms with Gasteiger partial charge in [0, 0.05) is 0 Å². The van der Waals surface area contributed by atoms with Crippen LogP contribution >= 0.6 is 0 Å². The van der Waals surface area contributed by atoms with Crippen molar-refractivity contribution >= 4 is 0 Å². The molecule has 0 atom stereocenters. The Bertz CT molecular complexity index is 130. The molecule has 11 heavy (non-hydrogen) atoms. The van der Waals surface area contributed by atoms with Crippen molar-refractivity contribution in [3.05, 3.63) is 0 Å². The van der Waals surface area contributed by atoms with Crippen molar-refractivity contribution in [3.63, 3.8) is 0 Å². The fourth-order valence-corrected chi connectivity index (χ4v) is 7.38. The molecule has 0 heterocycles. The minimum absolute atomic E-state index is 0.396. The van der Waals surface area contributed by atoms with Gasteiger partial charge in [0.25, 0.3) is 0 Å². The summed E-state index contributed by atoms with van der Waals surface area (Å²) in [6, 6.07) is 0. The van der Waals surface area contributed by atoms with Crippen LogP contribution in [0.3, 0.4) is 0 Å². The molecule has 0 aromatic heterocycles. The number of hydrogen-bond acceptors (Lipinski definition) is 1. The van der Waals surface area contributed by atoms with Crippen LogP contribution in [0.4, 0.5) is 0 Å². The van der Waals surface area contributed by atoms with Gasteiger partial charge < -0.3 is 0 Å². The number of rotatable bonds is 3. The van der Waals surface area contributed by atoms with Gasteiger partial charge in [-0.25, -0.2) is 0 Å². The summed E-state index contributed by atoms with van der Waals surface area (Å²) in [5.41, 5.74) is 0. The average molecular weight is 196 g/mol. The molecular weight excluding hydrogens is 175 g/mol. The van der Waals surface area contributed by atoms with Gasteiger partial charge in [0.1, 0.15) is 0 Å². The second kappa shape index (κ2) is 3.86. The molecule has 0 aromatic rings. The Kier molecular flexibility index (Phi) is 4.00. The summed E-state index contributed by atoms with van der Waals surface area (Å²) in [6.07, 6.45) is 0. The molecule has 0 aliphatic heterocycles. The molecule has 0 aliphatic carbocycles. The van der Waals surface area contributed by atoms with Crippen LogP contribution in [-0.2, 0) is 17.7 Å². The van der Waals surface area contributed by atoms with Gasteiger partial charge in [0.2, 0.25) is 0 Å². The van der Waals surface area contributed by atoms with E-state index >= 15 is 0 Å². The van der Waals surface area contributed by atoms with Gasteiger partial charge >= 0.3 is 73.1 Å². The normalized spacial score (nSPS) is 13.5. The molecule has 0 amide bonds. The van der Waals surface area contributed by atoms with E-state index in [1.165, 1.54) is 0 Å². The Morgan fingerprint density at radius 1 is 0.727 bits per heavy atom. The van der Waals surface area contributed by atoms with E-state index in [-0.39, 0.29) is 0 Å². The van der Waals surface area contributed by atoms with E-state index in [9.17, 15) is 3.67 Å². The van der Waals surface area contributed by atoms with Crippen molar-refractivity contribution in [3.8, 4) is 0 Å². The molecule has 0 aliphatic rings. The zero-order valence-electron chi connectivity index (χ0n) is 8.59.